The maximum absolute atomic E-state index is 12.8. The molecule has 0 saturated carbocycles. The topological polar surface area (TPSA) is 67.9 Å². The van der Waals surface area contributed by atoms with Crippen LogP contribution in [0.2, 0.25) is 10.0 Å². The highest BCUT2D eigenvalue weighted by Gasteiger charge is 2.31. The third-order valence-corrected chi connectivity index (χ3v) is 6.31. The van der Waals surface area contributed by atoms with Gasteiger partial charge in [0.05, 0.1) is 4.91 Å². The fourth-order valence-corrected chi connectivity index (χ4v) is 4.93. The van der Waals surface area contributed by atoms with Gasteiger partial charge in [-0.05, 0) is 48.4 Å². The minimum atomic E-state index is -0.195. The number of carbonyl (C=O) groups excluding carboxylic acids is 2. The summed E-state index contributed by atoms with van der Waals surface area (Å²) in [5.74, 6) is 0.966. The first-order chi connectivity index (χ1) is 14.9. The first kappa shape index (κ1) is 22.0. The maximum atomic E-state index is 12.8. The maximum Gasteiger partial charge on any atom is 0.266 e. The number of hydrogen-bond donors (Lipinski definition) is 1. The van der Waals surface area contributed by atoms with Crippen LogP contribution in [0.4, 0.5) is 5.69 Å². The molecular formula is C21H16Cl2N2O4S2. The van der Waals surface area contributed by atoms with Gasteiger partial charge in [0.1, 0.15) is 4.32 Å². The van der Waals surface area contributed by atoms with Gasteiger partial charge in [-0.1, -0.05) is 53.2 Å². The Morgan fingerprint density at radius 2 is 1.90 bits per heavy atom. The number of fused-ring (bicyclic) bond motifs is 1. The molecule has 160 valence electrons. The van der Waals surface area contributed by atoms with Gasteiger partial charge in [-0.3, -0.25) is 14.5 Å². The van der Waals surface area contributed by atoms with Gasteiger partial charge >= 0.3 is 0 Å². The number of halogens is 2. The molecule has 10 heteroatoms. The molecule has 0 radical (unpaired) electrons. The first-order valence-corrected chi connectivity index (χ1v) is 11.3. The Balaban J connectivity index is 1.32. The highest BCUT2D eigenvalue weighted by molar-refractivity contribution is 8.26. The van der Waals surface area contributed by atoms with E-state index in [-0.39, 0.29) is 25.0 Å². The molecule has 2 aliphatic rings. The summed E-state index contributed by atoms with van der Waals surface area (Å²) in [6, 6.07) is 10.3. The second-order valence-corrected chi connectivity index (χ2v) is 9.30. The molecule has 0 aliphatic carbocycles. The summed E-state index contributed by atoms with van der Waals surface area (Å²) in [6.07, 6.45) is 2.46. The zero-order valence-electron chi connectivity index (χ0n) is 16.0. The summed E-state index contributed by atoms with van der Waals surface area (Å²) in [6.45, 7) is 0.547. The fourth-order valence-electron chi connectivity index (χ4n) is 3.09. The van der Waals surface area contributed by atoms with Crippen LogP contribution in [0.1, 0.15) is 18.4 Å². The lowest BCUT2D eigenvalue weighted by atomic mass is 10.2. The molecule has 0 bridgehead atoms. The minimum Gasteiger partial charge on any atom is -0.454 e. The van der Waals surface area contributed by atoms with E-state index in [9.17, 15) is 9.59 Å². The van der Waals surface area contributed by atoms with E-state index >= 15 is 0 Å². The number of thioether (sulfide) groups is 1. The van der Waals surface area contributed by atoms with E-state index in [0.717, 1.165) is 5.56 Å². The molecule has 2 aromatic carbocycles. The summed E-state index contributed by atoms with van der Waals surface area (Å²) in [7, 11) is 0. The van der Waals surface area contributed by atoms with E-state index in [1.165, 1.54) is 16.7 Å². The summed E-state index contributed by atoms with van der Waals surface area (Å²) in [5, 5.41) is 3.63. The number of nitrogens with one attached hydrogen (secondary N) is 1. The van der Waals surface area contributed by atoms with Crippen molar-refractivity contribution in [3.05, 3.63) is 56.9 Å². The Kier molecular flexibility index (Phi) is 6.71. The van der Waals surface area contributed by atoms with E-state index in [0.29, 0.717) is 49.4 Å². The van der Waals surface area contributed by atoms with Crippen molar-refractivity contribution >= 4 is 75.1 Å². The smallest absolute Gasteiger partial charge is 0.266 e. The zero-order chi connectivity index (χ0) is 22.0. The van der Waals surface area contributed by atoms with Crippen molar-refractivity contribution in [2.24, 2.45) is 0 Å². The number of amides is 2. The van der Waals surface area contributed by atoms with Crippen LogP contribution >= 0.6 is 47.2 Å². The van der Waals surface area contributed by atoms with E-state index in [4.69, 9.17) is 44.9 Å². The summed E-state index contributed by atoms with van der Waals surface area (Å²) in [4.78, 5) is 27.0. The molecule has 0 spiro atoms. The highest BCUT2D eigenvalue weighted by atomic mass is 35.5. The van der Waals surface area contributed by atoms with Gasteiger partial charge in [-0.2, -0.15) is 0 Å². The summed E-state index contributed by atoms with van der Waals surface area (Å²) >= 11 is 18.5. The second-order valence-electron chi connectivity index (χ2n) is 6.76. The fraction of sp³-hybridized carbons (Fsp3) is 0.190. The molecule has 2 amide bonds. The lowest BCUT2D eigenvalue weighted by Crippen LogP contribution is -2.29. The number of anilines is 1. The molecule has 0 aromatic heterocycles. The first-order valence-electron chi connectivity index (χ1n) is 9.30. The predicted octanol–water partition coefficient (Wildman–Crippen LogP) is 5.34. The Morgan fingerprint density at radius 1 is 1.16 bits per heavy atom. The van der Waals surface area contributed by atoms with Crippen LogP contribution in [0.3, 0.4) is 0 Å². The van der Waals surface area contributed by atoms with Crippen molar-refractivity contribution in [2.45, 2.75) is 12.8 Å². The predicted molar refractivity (Wildman–Crippen MR) is 127 cm³/mol. The van der Waals surface area contributed by atoms with Crippen LogP contribution in [-0.2, 0) is 9.59 Å². The number of benzene rings is 2. The normalized spacial score (nSPS) is 16.3. The number of hydrogen-bond acceptors (Lipinski definition) is 6. The SMILES string of the molecule is O=C(CCCN1C(=O)C(=Cc2ccc3c(c2)OCO3)SC1=S)Nc1cc(Cl)cc(Cl)c1. The van der Waals surface area contributed by atoms with Gasteiger partial charge < -0.3 is 14.8 Å². The van der Waals surface area contributed by atoms with E-state index in [1.54, 1.807) is 30.3 Å². The van der Waals surface area contributed by atoms with Gasteiger partial charge in [0.2, 0.25) is 12.7 Å². The standard InChI is InChI=1S/C21H16Cl2N2O4S2/c22-13-8-14(23)10-15(9-13)24-19(26)2-1-5-25-20(27)18(31-21(25)30)7-12-3-4-16-17(6-12)29-11-28-16/h3-4,6-10H,1-2,5,11H2,(H,24,26). The Hall–Kier alpha value is -2.26. The van der Waals surface area contributed by atoms with Gasteiger partial charge in [0.15, 0.2) is 11.5 Å². The number of rotatable bonds is 6. The molecule has 0 unspecified atom stereocenters. The number of carbonyl (C=O) groups is 2. The molecule has 1 N–H and O–H groups in total. The van der Waals surface area contributed by atoms with Gasteiger partial charge in [0.25, 0.3) is 5.91 Å². The van der Waals surface area contributed by atoms with Crippen molar-refractivity contribution < 1.29 is 19.1 Å². The number of ether oxygens (including phenoxy) is 2. The molecule has 4 rings (SSSR count). The Labute approximate surface area is 198 Å². The van der Waals surface area contributed by atoms with Gasteiger partial charge in [-0.15, -0.1) is 0 Å². The molecule has 2 aromatic rings. The molecule has 6 nitrogen and oxygen atoms in total. The van der Waals surface area contributed by atoms with Crippen LogP contribution < -0.4 is 14.8 Å². The van der Waals surface area contributed by atoms with Crippen molar-refractivity contribution in [1.82, 2.24) is 4.90 Å². The Bertz CT molecular complexity index is 1090. The van der Waals surface area contributed by atoms with Crippen LogP contribution in [-0.4, -0.2) is 34.4 Å². The second kappa shape index (κ2) is 9.48. The lowest BCUT2D eigenvalue weighted by molar-refractivity contribution is -0.122. The molecule has 1 saturated heterocycles. The molecule has 0 atom stereocenters. The van der Waals surface area contributed by atoms with Crippen LogP contribution in [0, 0.1) is 0 Å². The van der Waals surface area contributed by atoms with Crippen molar-refractivity contribution in [1.29, 1.82) is 0 Å². The van der Waals surface area contributed by atoms with Gasteiger partial charge in [0, 0.05) is 28.7 Å². The van der Waals surface area contributed by atoms with Crippen LogP contribution in [0.15, 0.2) is 41.3 Å². The minimum absolute atomic E-state index is 0.172. The monoisotopic (exact) mass is 494 g/mol. The summed E-state index contributed by atoms with van der Waals surface area (Å²) in [5.41, 5.74) is 1.35. The van der Waals surface area contributed by atoms with Gasteiger partial charge in [-0.25, -0.2) is 0 Å². The molecule has 2 aliphatic heterocycles. The van der Waals surface area contributed by atoms with Crippen molar-refractivity contribution in [3.8, 4) is 11.5 Å². The third-order valence-electron chi connectivity index (χ3n) is 4.50. The van der Waals surface area contributed by atoms with E-state index in [1.807, 2.05) is 12.1 Å². The van der Waals surface area contributed by atoms with E-state index < -0.39 is 0 Å². The molecule has 1 fully saturated rings. The third kappa shape index (κ3) is 5.33. The number of thiocarbonyl (C=S) groups is 1. The average molecular weight is 495 g/mol. The highest BCUT2D eigenvalue weighted by Crippen LogP contribution is 2.36. The average Bonchev–Trinajstić information content (AvgIpc) is 3.26. The Morgan fingerprint density at radius 3 is 2.68 bits per heavy atom. The molecule has 2 heterocycles. The largest absolute Gasteiger partial charge is 0.454 e. The zero-order valence-corrected chi connectivity index (χ0v) is 19.2. The lowest BCUT2D eigenvalue weighted by Gasteiger charge is -2.14. The van der Waals surface area contributed by atoms with Crippen LogP contribution in [0.25, 0.3) is 6.08 Å². The van der Waals surface area contributed by atoms with Crippen LogP contribution in [0.5, 0.6) is 11.5 Å². The molecule has 31 heavy (non-hydrogen) atoms. The quantitative estimate of drug-likeness (QED) is 0.431. The van der Waals surface area contributed by atoms with Crippen molar-refractivity contribution in [3.63, 3.8) is 0 Å². The number of nitrogens with zero attached hydrogens (tertiary/aromatic N) is 1. The summed E-state index contributed by atoms with van der Waals surface area (Å²) < 4.78 is 11.1. The van der Waals surface area contributed by atoms with Crippen molar-refractivity contribution in [2.75, 3.05) is 18.7 Å². The molecular weight excluding hydrogens is 479 g/mol. The van der Waals surface area contributed by atoms with E-state index in [2.05, 4.69) is 5.32 Å².